The molecule has 1 aliphatic rings. The molecule has 0 bridgehead atoms. The van der Waals surface area contributed by atoms with Gasteiger partial charge in [0, 0.05) is 12.0 Å². The highest BCUT2D eigenvalue weighted by molar-refractivity contribution is 7.90. The summed E-state index contributed by atoms with van der Waals surface area (Å²) in [5, 5.41) is 10.1. The van der Waals surface area contributed by atoms with E-state index in [1.807, 2.05) is 6.07 Å². The van der Waals surface area contributed by atoms with Crippen molar-refractivity contribution >= 4 is 9.84 Å². The van der Waals surface area contributed by atoms with Gasteiger partial charge >= 0.3 is 0 Å². The van der Waals surface area contributed by atoms with Crippen molar-refractivity contribution in [3.63, 3.8) is 0 Å². The minimum absolute atomic E-state index is 0.148. The van der Waals surface area contributed by atoms with Crippen molar-refractivity contribution < 1.29 is 13.5 Å². The molecule has 1 atom stereocenters. The van der Waals surface area contributed by atoms with Crippen LogP contribution in [0.5, 0.6) is 0 Å². The lowest BCUT2D eigenvalue weighted by Gasteiger charge is -2.12. The van der Waals surface area contributed by atoms with E-state index in [2.05, 4.69) is 12.1 Å². The molecule has 1 N–H and O–H groups in total. The summed E-state index contributed by atoms with van der Waals surface area (Å²) >= 11 is 0. The zero-order chi connectivity index (χ0) is 13.2. The van der Waals surface area contributed by atoms with Gasteiger partial charge in [0.15, 0.2) is 0 Å². The van der Waals surface area contributed by atoms with Crippen LogP contribution in [0.25, 0.3) is 0 Å². The molecule has 1 unspecified atom stereocenters. The normalized spacial score (nSPS) is 16.6. The quantitative estimate of drug-likeness (QED) is 0.889. The number of benzene rings is 1. The Balaban J connectivity index is 1.95. The van der Waals surface area contributed by atoms with Gasteiger partial charge in [-0.25, -0.2) is 8.42 Å². The van der Waals surface area contributed by atoms with Gasteiger partial charge in [0.25, 0.3) is 0 Å². The van der Waals surface area contributed by atoms with Gasteiger partial charge in [-0.2, -0.15) is 0 Å². The Labute approximate surface area is 109 Å². The van der Waals surface area contributed by atoms with Gasteiger partial charge in [-0.15, -0.1) is 0 Å². The minimum Gasteiger partial charge on any atom is -0.388 e. The van der Waals surface area contributed by atoms with Crippen molar-refractivity contribution in [2.24, 2.45) is 0 Å². The summed E-state index contributed by atoms with van der Waals surface area (Å²) < 4.78 is 22.0. The fraction of sp³-hybridized carbons (Fsp3) is 0.571. The number of fused-ring (bicyclic) bond motifs is 1. The van der Waals surface area contributed by atoms with E-state index in [1.54, 1.807) is 0 Å². The van der Waals surface area contributed by atoms with E-state index >= 15 is 0 Å². The molecule has 100 valence electrons. The molecule has 1 aromatic carbocycles. The molecule has 18 heavy (non-hydrogen) atoms. The maximum atomic E-state index is 11.0. The second-order valence-electron chi connectivity index (χ2n) is 5.17. The van der Waals surface area contributed by atoms with Crippen LogP contribution < -0.4 is 0 Å². The van der Waals surface area contributed by atoms with Gasteiger partial charge in [0.05, 0.1) is 6.10 Å². The van der Waals surface area contributed by atoms with Gasteiger partial charge < -0.3 is 5.11 Å². The summed E-state index contributed by atoms with van der Waals surface area (Å²) in [6, 6.07) is 6.14. The summed E-state index contributed by atoms with van der Waals surface area (Å²) in [6.45, 7) is 0. The van der Waals surface area contributed by atoms with E-state index in [4.69, 9.17) is 0 Å². The molecule has 1 aromatic rings. The van der Waals surface area contributed by atoms with Crippen LogP contribution in [0.2, 0.25) is 0 Å². The van der Waals surface area contributed by atoms with Gasteiger partial charge in [-0.05, 0) is 48.8 Å². The zero-order valence-corrected chi connectivity index (χ0v) is 11.5. The first-order valence-electron chi connectivity index (χ1n) is 6.43. The maximum Gasteiger partial charge on any atom is 0.147 e. The topological polar surface area (TPSA) is 54.4 Å². The molecule has 4 heteroatoms. The monoisotopic (exact) mass is 268 g/mol. The van der Waals surface area contributed by atoms with Gasteiger partial charge in [-0.1, -0.05) is 18.2 Å². The van der Waals surface area contributed by atoms with Crippen molar-refractivity contribution in [3.8, 4) is 0 Å². The van der Waals surface area contributed by atoms with Crippen LogP contribution in [0.1, 0.15) is 42.1 Å². The molecule has 3 nitrogen and oxygen atoms in total. The molecule has 2 rings (SSSR count). The highest BCUT2D eigenvalue weighted by Gasteiger charge is 2.14. The van der Waals surface area contributed by atoms with Crippen molar-refractivity contribution in [3.05, 3.63) is 34.9 Å². The molecule has 0 spiro atoms. The second-order valence-corrected chi connectivity index (χ2v) is 7.43. The molecule has 0 aliphatic heterocycles. The Kier molecular flexibility index (Phi) is 4.07. The third-order valence-electron chi connectivity index (χ3n) is 3.50. The zero-order valence-electron chi connectivity index (χ0n) is 10.7. The third-order valence-corrected chi connectivity index (χ3v) is 4.53. The standard InChI is InChI=1S/C14H20O3S/c1-18(16,17)9-3-6-14(15)13-8-7-11-4-2-5-12(11)10-13/h7-8,10,14-15H,2-6,9H2,1H3. The highest BCUT2D eigenvalue weighted by Crippen LogP contribution is 2.27. The van der Waals surface area contributed by atoms with Crippen LogP contribution in [-0.2, 0) is 22.7 Å². The van der Waals surface area contributed by atoms with E-state index in [-0.39, 0.29) is 5.75 Å². The van der Waals surface area contributed by atoms with Crippen LogP contribution in [0.4, 0.5) is 0 Å². The highest BCUT2D eigenvalue weighted by atomic mass is 32.2. The average molecular weight is 268 g/mol. The number of aliphatic hydroxyl groups is 1. The fourth-order valence-electron chi connectivity index (χ4n) is 2.50. The summed E-state index contributed by atoms with van der Waals surface area (Å²) in [6.07, 6.45) is 5.14. The van der Waals surface area contributed by atoms with E-state index in [0.29, 0.717) is 12.8 Å². The molecule has 0 radical (unpaired) electrons. The summed E-state index contributed by atoms with van der Waals surface area (Å²) in [5.41, 5.74) is 3.65. The smallest absolute Gasteiger partial charge is 0.147 e. The predicted octanol–water partition coefficient (Wildman–Crippen LogP) is 2.03. The fourth-order valence-corrected chi connectivity index (χ4v) is 3.20. The molecule has 0 fully saturated rings. The van der Waals surface area contributed by atoms with E-state index in [0.717, 1.165) is 18.4 Å². The number of aliphatic hydroxyl groups excluding tert-OH is 1. The van der Waals surface area contributed by atoms with Crippen LogP contribution >= 0.6 is 0 Å². The number of rotatable bonds is 5. The molecule has 0 heterocycles. The third kappa shape index (κ3) is 3.56. The largest absolute Gasteiger partial charge is 0.388 e. The van der Waals surface area contributed by atoms with Crippen LogP contribution in [0, 0.1) is 0 Å². The first-order chi connectivity index (χ1) is 8.46. The lowest BCUT2D eigenvalue weighted by atomic mass is 10.0. The molecule has 0 saturated carbocycles. The van der Waals surface area contributed by atoms with E-state index in [1.165, 1.54) is 23.8 Å². The number of sulfone groups is 1. The molecule has 0 saturated heterocycles. The van der Waals surface area contributed by atoms with Gasteiger partial charge in [0.1, 0.15) is 9.84 Å². The number of aryl methyl sites for hydroxylation is 2. The van der Waals surface area contributed by atoms with E-state index in [9.17, 15) is 13.5 Å². The number of hydrogen-bond donors (Lipinski definition) is 1. The SMILES string of the molecule is CS(=O)(=O)CCCC(O)c1ccc2c(c1)CCC2. The average Bonchev–Trinajstić information content (AvgIpc) is 2.73. The Morgan fingerprint density at radius 2 is 2.00 bits per heavy atom. The molecule has 1 aliphatic carbocycles. The first-order valence-corrected chi connectivity index (χ1v) is 8.49. The van der Waals surface area contributed by atoms with Crippen LogP contribution in [0.15, 0.2) is 18.2 Å². The molecular weight excluding hydrogens is 248 g/mol. The van der Waals surface area contributed by atoms with Gasteiger partial charge in [-0.3, -0.25) is 0 Å². The Bertz CT molecular complexity index is 520. The van der Waals surface area contributed by atoms with Crippen LogP contribution in [-0.4, -0.2) is 25.5 Å². The summed E-state index contributed by atoms with van der Waals surface area (Å²) in [7, 11) is -2.92. The molecular formula is C14H20O3S. The van der Waals surface area contributed by atoms with Gasteiger partial charge in [0.2, 0.25) is 0 Å². The molecule has 0 amide bonds. The Morgan fingerprint density at radius 3 is 2.72 bits per heavy atom. The Hall–Kier alpha value is -0.870. The van der Waals surface area contributed by atoms with Crippen LogP contribution in [0.3, 0.4) is 0 Å². The molecule has 0 aromatic heterocycles. The van der Waals surface area contributed by atoms with Crippen molar-refractivity contribution in [2.45, 2.75) is 38.2 Å². The lowest BCUT2D eigenvalue weighted by molar-refractivity contribution is 0.166. The predicted molar refractivity (Wildman–Crippen MR) is 72.4 cm³/mol. The van der Waals surface area contributed by atoms with E-state index < -0.39 is 15.9 Å². The summed E-state index contributed by atoms with van der Waals surface area (Å²) in [5.74, 6) is 0.148. The van der Waals surface area contributed by atoms with Crippen molar-refractivity contribution in [2.75, 3.05) is 12.0 Å². The second kappa shape index (κ2) is 5.41. The minimum atomic E-state index is -2.92. The lowest BCUT2D eigenvalue weighted by Crippen LogP contribution is -2.06. The number of hydrogen-bond acceptors (Lipinski definition) is 3. The first kappa shape index (κ1) is 13.6. The Morgan fingerprint density at radius 1 is 1.28 bits per heavy atom. The van der Waals surface area contributed by atoms with Crippen molar-refractivity contribution in [1.82, 2.24) is 0 Å². The van der Waals surface area contributed by atoms with Crippen molar-refractivity contribution in [1.29, 1.82) is 0 Å². The maximum absolute atomic E-state index is 11.0. The summed E-state index contributed by atoms with van der Waals surface area (Å²) in [4.78, 5) is 0.